The van der Waals surface area contributed by atoms with Gasteiger partial charge in [0.25, 0.3) is 0 Å². The molecule has 3 nitrogen and oxygen atoms in total. The fourth-order valence-electron chi connectivity index (χ4n) is 5.88. The van der Waals surface area contributed by atoms with E-state index in [1.165, 1.54) is 52.6 Å². The average molecular weight is 567 g/mol. The molecule has 2 aliphatic heterocycles. The fraction of sp³-hybridized carbons (Fsp3) is 0.667. The van der Waals surface area contributed by atoms with Crippen LogP contribution in [-0.4, -0.2) is 6.61 Å². The Kier molecular flexibility index (Phi) is 8.83. The van der Waals surface area contributed by atoms with Gasteiger partial charge in [0.15, 0.2) is 0 Å². The minimum atomic E-state index is -1.60. The van der Waals surface area contributed by atoms with Crippen molar-refractivity contribution in [2.24, 2.45) is 5.92 Å². The van der Waals surface area contributed by atoms with Crippen molar-refractivity contribution in [3.8, 4) is 11.5 Å². The van der Waals surface area contributed by atoms with Gasteiger partial charge in [-0.3, -0.25) is 4.52 Å². The van der Waals surface area contributed by atoms with Crippen LogP contribution in [0.1, 0.15) is 149 Å². The van der Waals surface area contributed by atoms with E-state index >= 15 is 0 Å². The fourth-order valence-corrected chi connectivity index (χ4v) is 7.08. The number of unbranched alkanes of at least 4 members (excludes halogenated alkanes) is 1. The summed E-state index contributed by atoms with van der Waals surface area (Å²) in [5, 5.41) is 0. The first-order valence-electron chi connectivity index (χ1n) is 15.5. The third-order valence-electron chi connectivity index (χ3n) is 8.87. The van der Waals surface area contributed by atoms with E-state index in [1.807, 2.05) is 0 Å². The second-order valence-electron chi connectivity index (χ2n) is 16.1. The Labute approximate surface area is 246 Å². The smallest absolute Gasteiger partial charge is 0.417 e. The van der Waals surface area contributed by atoms with Gasteiger partial charge in [-0.2, -0.15) is 0 Å². The molecule has 0 radical (unpaired) electrons. The Morgan fingerprint density at radius 1 is 0.800 bits per heavy atom. The molecule has 4 rings (SSSR count). The van der Waals surface area contributed by atoms with Gasteiger partial charge in [0, 0.05) is 17.5 Å². The maximum Gasteiger partial charge on any atom is 0.463 e. The maximum absolute atomic E-state index is 6.89. The van der Waals surface area contributed by atoms with Crippen molar-refractivity contribution in [1.82, 2.24) is 0 Å². The lowest BCUT2D eigenvalue weighted by atomic mass is 9.73. The molecule has 0 aromatic heterocycles. The van der Waals surface area contributed by atoms with Gasteiger partial charge in [-0.15, -0.1) is 0 Å². The third kappa shape index (κ3) is 6.90. The normalized spacial score (nSPS) is 21.4. The highest BCUT2D eigenvalue weighted by Crippen LogP contribution is 2.54. The predicted molar refractivity (Wildman–Crippen MR) is 171 cm³/mol. The van der Waals surface area contributed by atoms with E-state index in [0.29, 0.717) is 12.5 Å². The number of hydrogen-bond acceptors (Lipinski definition) is 3. The molecule has 2 heterocycles. The van der Waals surface area contributed by atoms with E-state index in [4.69, 9.17) is 13.6 Å². The Bertz CT molecular complexity index is 1210. The molecule has 0 fully saturated rings. The molecule has 2 unspecified atom stereocenters. The van der Waals surface area contributed by atoms with Gasteiger partial charge < -0.3 is 9.05 Å². The van der Waals surface area contributed by atoms with Crippen LogP contribution in [0.15, 0.2) is 24.3 Å². The first kappa shape index (κ1) is 31.4. The minimum Gasteiger partial charge on any atom is -0.417 e. The summed E-state index contributed by atoms with van der Waals surface area (Å²) < 4.78 is 20.4. The minimum absolute atomic E-state index is 0.0139. The van der Waals surface area contributed by atoms with Gasteiger partial charge in [0.2, 0.25) is 0 Å². The molecule has 2 aromatic carbocycles. The highest BCUT2D eigenvalue weighted by Gasteiger charge is 2.37. The zero-order chi connectivity index (χ0) is 29.7. The standard InChI is InChI=1S/C36H55O3P/c1-13-14-15-24-16-17-36(11,12)30-22-28(34(5,6)7)20-26-18-25-19-27(33(2,3)4)21-29(35(8,9)10)31(25)38-40(37-23-24)39-32(26)30/h19-22,24H,13-18,23H2,1-12H3. The van der Waals surface area contributed by atoms with Crippen molar-refractivity contribution in [1.29, 1.82) is 0 Å². The number of fused-ring (bicyclic) bond motifs is 2. The molecule has 0 spiro atoms. The quantitative estimate of drug-likeness (QED) is 0.346. The molecule has 4 heteroatoms. The lowest BCUT2D eigenvalue weighted by Gasteiger charge is -2.37. The van der Waals surface area contributed by atoms with Crippen LogP contribution in [-0.2, 0) is 32.6 Å². The largest absolute Gasteiger partial charge is 0.463 e. The summed E-state index contributed by atoms with van der Waals surface area (Å²) in [6.45, 7) is 28.5. The number of benzene rings is 2. The summed E-state index contributed by atoms with van der Waals surface area (Å²) in [5.74, 6) is 2.46. The van der Waals surface area contributed by atoms with Crippen LogP contribution >= 0.6 is 8.60 Å². The van der Waals surface area contributed by atoms with Crippen molar-refractivity contribution in [3.63, 3.8) is 0 Å². The molecule has 2 aliphatic rings. The van der Waals surface area contributed by atoms with Crippen LogP contribution in [0.3, 0.4) is 0 Å². The summed E-state index contributed by atoms with van der Waals surface area (Å²) >= 11 is 0. The molecule has 222 valence electrons. The van der Waals surface area contributed by atoms with E-state index in [2.05, 4.69) is 107 Å². The SMILES string of the molecule is CCCCC1CCC(C)(C)c2cc(C(C)(C)C)cc3c2OP(OC1)Oc1c(cc(C(C)(C)C)cc1C(C)(C)C)C3. The summed E-state index contributed by atoms with van der Waals surface area (Å²) in [4.78, 5) is 0. The van der Waals surface area contributed by atoms with E-state index in [1.54, 1.807) is 0 Å². The van der Waals surface area contributed by atoms with Crippen LogP contribution in [0.4, 0.5) is 0 Å². The molecule has 0 saturated heterocycles. The van der Waals surface area contributed by atoms with E-state index in [9.17, 15) is 0 Å². The summed E-state index contributed by atoms with van der Waals surface area (Å²) in [6.07, 6.45) is 6.69. The first-order chi connectivity index (χ1) is 18.4. The van der Waals surface area contributed by atoms with E-state index in [-0.39, 0.29) is 21.7 Å². The van der Waals surface area contributed by atoms with Gasteiger partial charge in [0.1, 0.15) is 11.5 Å². The molecular formula is C36H55O3P. The first-order valence-corrected chi connectivity index (χ1v) is 16.6. The summed E-state index contributed by atoms with van der Waals surface area (Å²) in [7, 11) is -1.60. The lowest BCUT2D eigenvalue weighted by molar-refractivity contribution is 0.188. The Morgan fingerprint density at radius 3 is 1.95 bits per heavy atom. The van der Waals surface area contributed by atoms with Crippen LogP contribution in [0, 0.1) is 5.92 Å². The molecule has 0 N–H and O–H groups in total. The zero-order valence-corrected chi connectivity index (χ0v) is 28.4. The van der Waals surface area contributed by atoms with Gasteiger partial charge in [-0.05, 0) is 69.1 Å². The average Bonchev–Trinajstić information content (AvgIpc) is 2.80. The molecule has 0 amide bonds. The lowest BCUT2D eigenvalue weighted by Crippen LogP contribution is -2.26. The maximum atomic E-state index is 6.89. The summed E-state index contributed by atoms with van der Waals surface area (Å²) in [6, 6.07) is 9.57. The molecule has 2 bridgehead atoms. The zero-order valence-electron chi connectivity index (χ0n) is 27.5. The van der Waals surface area contributed by atoms with Crippen molar-refractivity contribution in [2.75, 3.05) is 6.61 Å². The topological polar surface area (TPSA) is 27.7 Å². The Hall–Kier alpha value is -1.57. The molecule has 2 aromatic rings. The van der Waals surface area contributed by atoms with Crippen molar-refractivity contribution in [3.05, 3.63) is 57.6 Å². The monoisotopic (exact) mass is 566 g/mol. The summed E-state index contributed by atoms with van der Waals surface area (Å²) in [5.41, 5.74) is 7.73. The van der Waals surface area contributed by atoms with Crippen molar-refractivity contribution < 1.29 is 13.6 Å². The highest BCUT2D eigenvalue weighted by atomic mass is 31.2. The Morgan fingerprint density at radius 2 is 1.38 bits per heavy atom. The molecular weight excluding hydrogens is 511 g/mol. The van der Waals surface area contributed by atoms with Crippen LogP contribution in [0.5, 0.6) is 11.5 Å². The highest BCUT2D eigenvalue weighted by molar-refractivity contribution is 7.42. The van der Waals surface area contributed by atoms with Crippen LogP contribution in [0.25, 0.3) is 0 Å². The van der Waals surface area contributed by atoms with E-state index in [0.717, 1.165) is 30.8 Å². The van der Waals surface area contributed by atoms with Crippen LogP contribution in [0.2, 0.25) is 0 Å². The predicted octanol–water partition coefficient (Wildman–Crippen LogP) is 11.1. The molecule has 2 atom stereocenters. The second-order valence-corrected chi connectivity index (χ2v) is 17.2. The van der Waals surface area contributed by atoms with Gasteiger partial charge in [0.05, 0.1) is 6.61 Å². The van der Waals surface area contributed by atoms with Gasteiger partial charge in [-0.25, -0.2) is 0 Å². The Balaban J connectivity index is 2.00. The van der Waals surface area contributed by atoms with Crippen molar-refractivity contribution in [2.45, 2.75) is 143 Å². The van der Waals surface area contributed by atoms with E-state index < -0.39 is 8.60 Å². The van der Waals surface area contributed by atoms with Gasteiger partial charge >= 0.3 is 8.60 Å². The molecule has 40 heavy (non-hydrogen) atoms. The number of rotatable bonds is 3. The van der Waals surface area contributed by atoms with Crippen molar-refractivity contribution >= 4 is 8.60 Å². The number of hydrogen-bond donors (Lipinski definition) is 0. The molecule has 0 aliphatic carbocycles. The third-order valence-corrected chi connectivity index (χ3v) is 9.90. The molecule has 0 saturated carbocycles. The second kappa shape index (κ2) is 11.3. The van der Waals surface area contributed by atoms with Crippen LogP contribution < -0.4 is 9.05 Å². The van der Waals surface area contributed by atoms with Gasteiger partial charge in [-0.1, -0.05) is 120 Å².